The van der Waals surface area contributed by atoms with E-state index in [1.807, 2.05) is 44.2 Å². The molecule has 0 saturated carbocycles. The van der Waals surface area contributed by atoms with E-state index in [4.69, 9.17) is 18.9 Å². The summed E-state index contributed by atoms with van der Waals surface area (Å²) in [5.74, 6) is 1.86. The van der Waals surface area contributed by atoms with Gasteiger partial charge in [-0.05, 0) is 82.0 Å². The molecule has 0 atom stereocenters. The number of hydrazone groups is 1. The number of halogens is 1. The van der Waals surface area contributed by atoms with Crippen molar-refractivity contribution in [1.29, 1.82) is 0 Å². The highest BCUT2D eigenvalue weighted by Crippen LogP contribution is 2.37. The third-order valence-electron chi connectivity index (χ3n) is 5.69. The molecule has 7 nitrogen and oxygen atoms in total. The van der Waals surface area contributed by atoms with Crippen LogP contribution in [0.4, 0.5) is 0 Å². The molecule has 0 spiro atoms. The highest BCUT2D eigenvalue weighted by Gasteiger charge is 2.14. The van der Waals surface area contributed by atoms with Crippen molar-refractivity contribution in [3.63, 3.8) is 0 Å². The zero-order valence-electron chi connectivity index (χ0n) is 21.5. The number of amides is 1. The van der Waals surface area contributed by atoms with Gasteiger partial charge in [0.15, 0.2) is 23.0 Å². The van der Waals surface area contributed by atoms with Crippen LogP contribution in [0.2, 0.25) is 0 Å². The van der Waals surface area contributed by atoms with Gasteiger partial charge < -0.3 is 18.9 Å². The SMILES string of the molecule is CCOc1ccc(C(=O)N/N=C/c2cc(Br)c(OCc3cccc4ccccc34)c(OC)c2)cc1OCC. The van der Waals surface area contributed by atoms with Crippen molar-refractivity contribution in [3.05, 3.63) is 94.0 Å². The molecule has 0 unspecified atom stereocenters. The minimum absolute atomic E-state index is 0.369. The summed E-state index contributed by atoms with van der Waals surface area (Å²) in [5.41, 5.74) is 4.75. The molecule has 0 aliphatic carbocycles. The van der Waals surface area contributed by atoms with Gasteiger partial charge in [-0.25, -0.2) is 5.43 Å². The lowest BCUT2D eigenvalue weighted by molar-refractivity contribution is 0.0954. The molecule has 0 fully saturated rings. The fourth-order valence-electron chi connectivity index (χ4n) is 3.95. The van der Waals surface area contributed by atoms with Crippen LogP contribution in [-0.4, -0.2) is 32.4 Å². The molecule has 1 amide bonds. The zero-order valence-corrected chi connectivity index (χ0v) is 23.1. The van der Waals surface area contributed by atoms with Gasteiger partial charge in [-0.3, -0.25) is 4.79 Å². The first-order chi connectivity index (χ1) is 18.5. The molecule has 8 heteroatoms. The summed E-state index contributed by atoms with van der Waals surface area (Å²) in [6.45, 7) is 5.11. The second-order valence-electron chi connectivity index (χ2n) is 8.19. The number of carbonyl (C=O) groups excluding carboxylic acids is 1. The Morgan fingerprint density at radius 1 is 0.895 bits per heavy atom. The highest BCUT2D eigenvalue weighted by molar-refractivity contribution is 9.10. The van der Waals surface area contributed by atoms with Gasteiger partial charge in [0.25, 0.3) is 5.91 Å². The second kappa shape index (κ2) is 13.0. The quantitative estimate of drug-likeness (QED) is 0.158. The number of ether oxygens (including phenoxy) is 4. The second-order valence-corrected chi connectivity index (χ2v) is 9.04. The van der Waals surface area contributed by atoms with E-state index in [1.54, 1.807) is 31.4 Å². The van der Waals surface area contributed by atoms with E-state index in [0.29, 0.717) is 58.4 Å². The first kappa shape index (κ1) is 27.0. The van der Waals surface area contributed by atoms with Crippen molar-refractivity contribution in [3.8, 4) is 23.0 Å². The van der Waals surface area contributed by atoms with Crippen LogP contribution in [0.15, 0.2) is 82.4 Å². The fourth-order valence-corrected chi connectivity index (χ4v) is 4.52. The van der Waals surface area contributed by atoms with Crippen LogP contribution < -0.4 is 24.4 Å². The predicted molar refractivity (Wildman–Crippen MR) is 153 cm³/mol. The Labute approximate surface area is 230 Å². The van der Waals surface area contributed by atoms with Crippen molar-refractivity contribution in [2.75, 3.05) is 20.3 Å². The summed E-state index contributed by atoms with van der Waals surface area (Å²) >= 11 is 3.58. The van der Waals surface area contributed by atoms with Crippen molar-refractivity contribution in [2.45, 2.75) is 20.5 Å². The molecule has 0 heterocycles. The van der Waals surface area contributed by atoms with E-state index < -0.39 is 0 Å². The van der Waals surface area contributed by atoms with E-state index in [1.165, 1.54) is 6.21 Å². The van der Waals surface area contributed by atoms with Crippen LogP contribution in [-0.2, 0) is 6.61 Å². The Hall–Kier alpha value is -4.04. The van der Waals surface area contributed by atoms with E-state index in [9.17, 15) is 4.79 Å². The average molecular weight is 577 g/mol. The van der Waals surface area contributed by atoms with Gasteiger partial charge in [0.1, 0.15) is 6.61 Å². The van der Waals surface area contributed by atoms with E-state index in [2.05, 4.69) is 44.7 Å². The Bertz CT molecular complexity index is 1450. The van der Waals surface area contributed by atoms with Crippen LogP contribution in [0.1, 0.15) is 35.3 Å². The molecule has 0 aliphatic rings. The minimum atomic E-state index is -0.369. The van der Waals surface area contributed by atoms with Crippen LogP contribution in [0, 0.1) is 0 Å². The van der Waals surface area contributed by atoms with E-state index in [-0.39, 0.29) is 5.91 Å². The number of carbonyl (C=O) groups is 1. The zero-order chi connectivity index (χ0) is 26.9. The summed E-state index contributed by atoms with van der Waals surface area (Å²) in [4.78, 5) is 12.6. The van der Waals surface area contributed by atoms with Crippen LogP contribution in [0.5, 0.6) is 23.0 Å². The summed E-state index contributed by atoms with van der Waals surface area (Å²) < 4.78 is 23.6. The lowest BCUT2D eigenvalue weighted by Crippen LogP contribution is -2.17. The number of fused-ring (bicyclic) bond motifs is 1. The third kappa shape index (κ3) is 6.44. The maximum absolute atomic E-state index is 12.6. The summed E-state index contributed by atoms with van der Waals surface area (Å²) in [6, 6.07) is 23.0. The predicted octanol–water partition coefficient (Wildman–Crippen LogP) is 6.75. The first-order valence-electron chi connectivity index (χ1n) is 12.2. The van der Waals surface area contributed by atoms with Gasteiger partial charge >= 0.3 is 0 Å². The van der Waals surface area contributed by atoms with Crippen molar-refractivity contribution in [2.24, 2.45) is 5.10 Å². The molecule has 4 rings (SSSR count). The summed E-state index contributed by atoms with van der Waals surface area (Å²) in [6.07, 6.45) is 1.54. The lowest BCUT2D eigenvalue weighted by atomic mass is 10.1. The van der Waals surface area contributed by atoms with Crippen molar-refractivity contribution in [1.82, 2.24) is 5.43 Å². The molecule has 4 aromatic carbocycles. The molecule has 0 aromatic heterocycles. The van der Waals surface area contributed by atoms with Crippen LogP contribution >= 0.6 is 15.9 Å². The molecule has 4 aromatic rings. The van der Waals surface area contributed by atoms with E-state index >= 15 is 0 Å². The first-order valence-corrected chi connectivity index (χ1v) is 13.0. The van der Waals surface area contributed by atoms with Crippen molar-refractivity contribution >= 4 is 38.8 Å². The number of rotatable bonds is 11. The minimum Gasteiger partial charge on any atom is -0.493 e. The largest absolute Gasteiger partial charge is 0.493 e. The van der Waals surface area contributed by atoms with Crippen molar-refractivity contribution < 1.29 is 23.7 Å². The molecule has 0 aliphatic heterocycles. The van der Waals surface area contributed by atoms with Crippen LogP contribution in [0.3, 0.4) is 0 Å². The Morgan fingerprint density at radius 3 is 2.45 bits per heavy atom. The number of hydrogen-bond acceptors (Lipinski definition) is 6. The van der Waals surface area contributed by atoms with Gasteiger partial charge in [0.2, 0.25) is 0 Å². The maximum atomic E-state index is 12.6. The van der Waals surface area contributed by atoms with E-state index in [0.717, 1.165) is 16.3 Å². The summed E-state index contributed by atoms with van der Waals surface area (Å²) in [7, 11) is 1.58. The lowest BCUT2D eigenvalue weighted by Gasteiger charge is -2.14. The van der Waals surface area contributed by atoms with Gasteiger partial charge in [-0.15, -0.1) is 0 Å². The van der Waals surface area contributed by atoms with Gasteiger partial charge in [-0.2, -0.15) is 5.10 Å². The number of nitrogens with one attached hydrogen (secondary N) is 1. The Balaban J connectivity index is 1.45. The monoisotopic (exact) mass is 576 g/mol. The van der Waals surface area contributed by atoms with Gasteiger partial charge in [0.05, 0.1) is 31.0 Å². The average Bonchev–Trinajstić information content (AvgIpc) is 2.93. The Morgan fingerprint density at radius 2 is 1.66 bits per heavy atom. The number of hydrogen-bond donors (Lipinski definition) is 1. The smallest absolute Gasteiger partial charge is 0.271 e. The highest BCUT2D eigenvalue weighted by atomic mass is 79.9. The normalized spacial score (nSPS) is 10.9. The molecular weight excluding hydrogens is 548 g/mol. The number of benzene rings is 4. The maximum Gasteiger partial charge on any atom is 0.271 e. The topological polar surface area (TPSA) is 78.4 Å². The molecule has 0 bridgehead atoms. The number of methoxy groups -OCH3 is 1. The summed E-state index contributed by atoms with van der Waals surface area (Å²) in [5, 5.41) is 6.42. The molecule has 0 saturated heterocycles. The standard InChI is InChI=1S/C30H29BrN2O5/c1-4-36-26-14-13-22(17-27(26)37-5-2)30(34)33-32-18-20-15-25(31)29(28(16-20)35-3)38-19-23-11-8-10-21-9-6-7-12-24(21)23/h6-18H,4-5,19H2,1-3H3,(H,33,34)/b32-18+. The molecule has 1 N–H and O–H groups in total. The molecular formula is C30H29BrN2O5. The fraction of sp³-hybridized carbons (Fsp3) is 0.200. The van der Waals surface area contributed by atoms with Gasteiger partial charge in [0, 0.05) is 5.56 Å². The Kier molecular flexibility index (Phi) is 9.21. The number of nitrogens with zero attached hydrogens (tertiary/aromatic N) is 1. The van der Waals surface area contributed by atoms with Gasteiger partial charge in [-0.1, -0.05) is 42.5 Å². The third-order valence-corrected chi connectivity index (χ3v) is 6.28. The molecule has 196 valence electrons. The molecule has 0 radical (unpaired) electrons. The van der Waals surface area contributed by atoms with Crippen LogP contribution in [0.25, 0.3) is 10.8 Å². The molecule has 38 heavy (non-hydrogen) atoms.